The van der Waals surface area contributed by atoms with E-state index < -0.39 is 5.41 Å². The van der Waals surface area contributed by atoms with Crippen LogP contribution in [0.15, 0.2) is 40.9 Å². The van der Waals surface area contributed by atoms with Crippen LogP contribution in [0.5, 0.6) is 0 Å². The van der Waals surface area contributed by atoms with Crippen LogP contribution in [0.3, 0.4) is 0 Å². The molecule has 0 aliphatic heterocycles. The molecule has 2 aliphatic rings. The lowest BCUT2D eigenvalue weighted by Gasteiger charge is -2.11. The van der Waals surface area contributed by atoms with Gasteiger partial charge in [-0.1, -0.05) is 35.5 Å². The molecule has 1 amide bonds. The van der Waals surface area contributed by atoms with Crippen molar-refractivity contribution in [2.45, 2.75) is 37.1 Å². The van der Waals surface area contributed by atoms with E-state index in [1.807, 2.05) is 36.4 Å². The molecule has 0 atom stereocenters. The summed E-state index contributed by atoms with van der Waals surface area (Å²) in [7, 11) is 0. The highest BCUT2D eigenvalue weighted by atomic mass is 16.5. The second-order valence-corrected chi connectivity index (χ2v) is 5.77. The van der Waals surface area contributed by atoms with Gasteiger partial charge in [-0.25, -0.2) is 0 Å². The molecule has 0 saturated heterocycles. The van der Waals surface area contributed by atoms with Crippen LogP contribution in [-0.2, 0) is 10.2 Å². The Balaban J connectivity index is 1.60. The molecular weight excluding hydrogens is 252 g/mol. The lowest BCUT2D eigenvalue weighted by atomic mass is 10.0. The maximum atomic E-state index is 12.3. The van der Waals surface area contributed by atoms with Crippen molar-refractivity contribution < 1.29 is 9.32 Å². The van der Waals surface area contributed by atoms with Crippen LogP contribution in [0, 0.1) is 0 Å². The second kappa shape index (κ2) is 4.20. The van der Waals surface area contributed by atoms with Crippen molar-refractivity contribution in [1.29, 1.82) is 0 Å². The number of aromatic nitrogens is 1. The molecular formula is C16H16N2O2. The number of carbonyl (C=O) groups is 1. The third kappa shape index (κ3) is 1.92. The fourth-order valence-electron chi connectivity index (χ4n) is 2.51. The number of hydrogen-bond acceptors (Lipinski definition) is 3. The number of amides is 1. The van der Waals surface area contributed by atoms with Crippen molar-refractivity contribution in [3.8, 4) is 11.3 Å². The molecule has 4 nitrogen and oxygen atoms in total. The Morgan fingerprint density at radius 1 is 1.25 bits per heavy atom. The smallest absolute Gasteiger partial charge is 0.232 e. The van der Waals surface area contributed by atoms with E-state index in [-0.39, 0.29) is 5.91 Å². The monoisotopic (exact) mass is 268 g/mol. The predicted molar refractivity (Wildman–Crippen MR) is 74.0 cm³/mol. The number of nitrogens with one attached hydrogen (secondary N) is 1. The van der Waals surface area contributed by atoms with Crippen molar-refractivity contribution in [2.24, 2.45) is 0 Å². The molecule has 2 aromatic rings. The van der Waals surface area contributed by atoms with Gasteiger partial charge in [0.05, 0.1) is 11.1 Å². The Morgan fingerprint density at radius 3 is 2.65 bits per heavy atom. The lowest BCUT2D eigenvalue weighted by molar-refractivity contribution is -0.123. The maximum absolute atomic E-state index is 12.3. The Morgan fingerprint density at radius 2 is 2.00 bits per heavy atom. The fraction of sp³-hybridized carbons (Fsp3) is 0.375. The summed E-state index contributed by atoms with van der Waals surface area (Å²) in [5.41, 5.74) is 1.33. The van der Waals surface area contributed by atoms with Gasteiger partial charge in [0, 0.05) is 17.7 Å². The topological polar surface area (TPSA) is 55.1 Å². The van der Waals surface area contributed by atoms with Crippen LogP contribution >= 0.6 is 0 Å². The third-order valence-electron chi connectivity index (χ3n) is 4.16. The summed E-state index contributed by atoms with van der Waals surface area (Å²) >= 11 is 0. The Hall–Kier alpha value is -2.10. The molecule has 20 heavy (non-hydrogen) atoms. The zero-order valence-electron chi connectivity index (χ0n) is 11.1. The number of nitrogens with zero attached hydrogens (tertiary/aromatic N) is 1. The van der Waals surface area contributed by atoms with Gasteiger partial charge >= 0.3 is 0 Å². The van der Waals surface area contributed by atoms with Gasteiger partial charge in [-0.2, -0.15) is 0 Å². The predicted octanol–water partition coefficient (Wildman–Crippen LogP) is 2.65. The van der Waals surface area contributed by atoms with Crippen molar-refractivity contribution in [2.75, 3.05) is 0 Å². The molecule has 4 rings (SSSR count). The zero-order valence-corrected chi connectivity index (χ0v) is 11.1. The molecule has 0 radical (unpaired) electrons. The highest BCUT2D eigenvalue weighted by Gasteiger charge is 2.54. The second-order valence-electron chi connectivity index (χ2n) is 5.77. The van der Waals surface area contributed by atoms with E-state index in [1.54, 1.807) is 0 Å². The van der Waals surface area contributed by atoms with E-state index in [9.17, 15) is 4.79 Å². The van der Waals surface area contributed by atoms with Crippen LogP contribution in [0.1, 0.15) is 31.4 Å². The normalized spacial score (nSPS) is 19.6. The van der Waals surface area contributed by atoms with Gasteiger partial charge in [-0.15, -0.1) is 0 Å². The molecule has 1 heterocycles. The van der Waals surface area contributed by atoms with Gasteiger partial charge in [-0.05, 0) is 25.7 Å². The first-order chi connectivity index (χ1) is 9.78. The molecule has 0 bridgehead atoms. The average Bonchev–Trinajstić information content (AvgIpc) is 3.40. The minimum absolute atomic E-state index is 0.118. The highest BCUT2D eigenvalue weighted by molar-refractivity contribution is 5.91. The van der Waals surface area contributed by atoms with Crippen molar-refractivity contribution >= 4 is 5.91 Å². The summed E-state index contributed by atoms with van der Waals surface area (Å²) in [6.07, 6.45) is 3.95. The summed E-state index contributed by atoms with van der Waals surface area (Å²) < 4.78 is 5.42. The summed E-state index contributed by atoms with van der Waals surface area (Å²) in [4.78, 5) is 12.3. The molecule has 0 unspecified atom stereocenters. The van der Waals surface area contributed by atoms with Crippen molar-refractivity contribution in [3.63, 3.8) is 0 Å². The van der Waals surface area contributed by atoms with Crippen LogP contribution < -0.4 is 5.32 Å². The standard InChI is InChI=1S/C16H16N2O2/c19-15(17-12-6-7-12)16(8-9-16)14-10-13(20-18-14)11-4-2-1-3-5-11/h1-5,10,12H,6-9H2,(H,17,19). The molecule has 1 aromatic carbocycles. The summed E-state index contributed by atoms with van der Waals surface area (Å²) in [5, 5.41) is 7.22. The first kappa shape index (κ1) is 11.7. The van der Waals surface area contributed by atoms with Crippen LogP contribution in [0.25, 0.3) is 11.3 Å². The van der Waals surface area contributed by atoms with Crippen LogP contribution in [-0.4, -0.2) is 17.1 Å². The SMILES string of the molecule is O=C(NC1CC1)C1(c2cc(-c3ccccc3)on2)CC1. The van der Waals surface area contributed by atoms with E-state index in [1.165, 1.54) is 0 Å². The molecule has 0 spiro atoms. The van der Waals surface area contributed by atoms with Gasteiger partial charge in [0.1, 0.15) is 0 Å². The molecule has 2 aliphatic carbocycles. The van der Waals surface area contributed by atoms with Gasteiger partial charge < -0.3 is 9.84 Å². The Bertz CT molecular complexity index is 640. The quantitative estimate of drug-likeness (QED) is 0.927. The molecule has 1 N–H and O–H groups in total. The lowest BCUT2D eigenvalue weighted by Crippen LogP contribution is -2.36. The first-order valence-corrected chi connectivity index (χ1v) is 7.11. The van der Waals surface area contributed by atoms with Crippen molar-refractivity contribution in [3.05, 3.63) is 42.1 Å². The van der Waals surface area contributed by atoms with Gasteiger partial charge in [-0.3, -0.25) is 4.79 Å². The van der Waals surface area contributed by atoms with Gasteiger partial charge in [0.15, 0.2) is 5.76 Å². The molecule has 2 saturated carbocycles. The van der Waals surface area contributed by atoms with E-state index >= 15 is 0 Å². The highest BCUT2D eigenvalue weighted by Crippen LogP contribution is 2.49. The minimum Gasteiger partial charge on any atom is -0.356 e. The first-order valence-electron chi connectivity index (χ1n) is 7.11. The largest absolute Gasteiger partial charge is 0.356 e. The van der Waals surface area contributed by atoms with Crippen LogP contribution in [0.4, 0.5) is 0 Å². The fourth-order valence-corrected chi connectivity index (χ4v) is 2.51. The molecule has 2 fully saturated rings. The minimum atomic E-state index is -0.431. The van der Waals surface area contributed by atoms with Gasteiger partial charge in [0.2, 0.25) is 5.91 Å². The third-order valence-corrected chi connectivity index (χ3v) is 4.16. The summed E-state index contributed by atoms with van der Waals surface area (Å²) in [6.45, 7) is 0. The number of benzene rings is 1. The summed E-state index contributed by atoms with van der Waals surface area (Å²) in [5.74, 6) is 0.846. The Labute approximate surface area is 117 Å². The maximum Gasteiger partial charge on any atom is 0.232 e. The number of rotatable bonds is 4. The zero-order chi connectivity index (χ0) is 13.6. The molecule has 102 valence electrons. The summed E-state index contributed by atoms with van der Waals surface area (Å²) in [6, 6.07) is 12.2. The van der Waals surface area contributed by atoms with E-state index in [4.69, 9.17) is 4.52 Å². The molecule has 1 aromatic heterocycles. The van der Waals surface area contributed by atoms with Crippen molar-refractivity contribution in [1.82, 2.24) is 10.5 Å². The Kier molecular flexibility index (Phi) is 2.46. The van der Waals surface area contributed by atoms with E-state index in [0.717, 1.165) is 42.7 Å². The average molecular weight is 268 g/mol. The van der Waals surface area contributed by atoms with E-state index in [0.29, 0.717) is 6.04 Å². The number of carbonyl (C=O) groups excluding carboxylic acids is 1. The molecule has 4 heteroatoms. The number of hydrogen-bond donors (Lipinski definition) is 1. The van der Waals surface area contributed by atoms with Gasteiger partial charge in [0.25, 0.3) is 0 Å². The van der Waals surface area contributed by atoms with Crippen LogP contribution in [0.2, 0.25) is 0 Å². The van der Waals surface area contributed by atoms with E-state index in [2.05, 4.69) is 10.5 Å².